The van der Waals surface area contributed by atoms with Crippen LogP contribution in [-0.4, -0.2) is 14.8 Å². The van der Waals surface area contributed by atoms with Gasteiger partial charge in [-0.1, -0.05) is 41.0 Å². The highest BCUT2D eigenvalue weighted by molar-refractivity contribution is 7.98. The zero-order valence-electron chi connectivity index (χ0n) is 14.0. The molecule has 0 radical (unpaired) electrons. The third-order valence-electron chi connectivity index (χ3n) is 3.70. The van der Waals surface area contributed by atoms with Gasteiger partial charge in [-0.05, 0) is 43.3 Å². The van der Waals surface area contributed by atoms with E-state index in [2.05, 4.69) is 10.2 Å². The fraction of sp³-hybridized carbons (Fsp3) is 0.222. The molecule has 8 heteroatoms. The normalized spacial score (nSPS) is 10.9. The Kier molecular flexibility index (Phi) is 6.40. The van der Waals surface area contributed by atoms with Gasteiger partial charge in [-0.2, -0.15) is 0 Å². The predicted molar refractivity (Wildman–Crippen MR) is 102 cm³/mol. The summed E-state index contributed by atoms with van der Waals surface area (Å²) in [6.45, 7) is 2.96. The van der Waals surface area contributed by atoms with Crippen molar-refractivity contribution in [1.82, 2.24) is 14.8 Å². The van der Waals surface area contributed by atoms with Crippen LogP contribution in [0.25, 0.3) is 0 Å². The SMILES string of the molecule is CCn1c(COc2ccc(Cl)cc2)nnc1SCc1c(F)cccc1Cl. The van der Waals surface area contributed by atoms with E-state index < -0.39 is 0 Å². The van der Waals surface area contributed by atoms with Crippen molar-refractivity contribution >= 4 is 35.0 Å². The van der Waals surface area contributed by atoms with Crippen molar-refractivity contribution in [3.05, 3.63) is 69.7 Å². The Morgan fingerprint density at radius 1 is 1.12 bits per heavy atom. The van der Waals surface area contributed by atoms with Crippen LogP contribution in [0.15, 0.2) is 47.6 Å². The maximum Gasteiger partial charge on any atom is 0.191 e. The molecule has 0 spiro atoms. The average Bonchev–Trinajstić information content (AvgIpc) is 3.03. The van der Waals surface area contributed by atoms with E-state index in [1.54, 1.807) is 36.4 Å². The number of ether oxygens (including phenoxy) is 1. The molecule has 0 aliphatic carbocycles. The van der Waals surface area contributed by atoms with Gasteiger partial charge in [0, 0.05) is 27.9 Å². The molecule has 3 aromatic rings. The molecule has 0 atom stereocenters. The Labute approximate surface area is 165 Å². The van der Waals surface area contributed by atoms with Gasteiger partial charge in [0.05, 0.1) is 0 Å². The summed E-state index contributed by atoms with van der Waals surface area (Å²) in [4.78, 5) is 0. The molecule has 0 unspecified atom stereocenters. The van der Waals surface area contributed by atoms with Crippen molar-refractivity contribution < 1.29 is 9.13 Å². The Morgan fingerprint density at radius 2 is 1.88 bits per heavy atom. The molecule has 0 saturated heterocycles. The van der Waals surface area contributed by atoms with Crippen LogP contribution in [0.1, 0.15) is 18.3 Å². The second-order valence-corrected chi connectivity index (χ2v) is 7.16. The van der Waals surface area contributed by atoms with Crippen molar-refractivity contribution in [2.75, 3.05) is 0 Å². The van der Waals surface area contributed by atoms with E-state index >= 15 is 0 Å². The molecule has 136 valence electrons. The summed E-state index contributed by atoms with van der Waals surface area (Å²) in [5, 5.41) is 10.1. The third-order valence-corrected chi connectivity index (χ3v) is 5.30. The largest absolute Gasteiger partial charge is 0.486 e. The standard InChI is InChI=1S/C18H16Cl2FN3OS/c1-2-24-17(10-25-13-8-6-12(19)7-9-13)22-23-18(24)26-11-14-15(20)4-3-5-16(14)21/h3-9H,2,10-11H2,1H3. The highest BCUT2D eigenvalue weighted by Gasteiger charge is 2.14. The van der Waals surface area contributed by atoms with Crippen LogP contribution < -0.4 is 4.74 Å². The maximum absolute atomic E-state index is 13.9. The minimum Gasteiger partial charge on any atom is -0.486 e. The first-order valence-electron chi connectivity index (χ1n) is 7.94. The molecule has 0 fully saturated rings. The van der Waals surface area contributed by atoms with Gasteiger partial charge >= 0.3 is 0 Å². The first-order chi connectivity index (χ1) is 12.6. The van der Waals surface area contributed by atoms with Gasteiger partial charge in [0.15, 0.2) is 11.0 Å². The fourth-order valence-electron chi connectivity index (χ4n) is 2.34. The molecule has 0 amide bonds. The van der Waals surface area contributed by atoms with Crippen LogP contribution in [0, 0.1) is 5.82 Å². The minimum absolute atomic E-state index is 0.281. The summed E-state index contributed by atoms with van der Waals surface area (Å²) < 4.78 is 21.6. The Morgan fingerprint density at radius 3 is 2.58 bits per heavy atom. The van der Waals surface area contributed by atoms with Gasteiger partial charge in [-0.15, -0.1) is 10.2 Å². The van der Waals surface area contributed by atoms with Crippen LogP contribution in [-0.2, 0) is 18.9 Å². The lowest BCUT2D eigenvalue weighted by Gasteiger charge is -2.09. The van der Waals surface area contributed by atoms with Crippen molar-refractivity contribution in [1.29, 1.82) is 0 Å². The molecule has 1 heterocycles. The monoisotopic (exact) mass is 411 g/mol. The van der Waals surface area contributed by atoms with Crippen molar-refractivity contribution in [2.24, 2.45) is 0 Å². The fourth-order valence-corrected chi connectivity index (χ4v) is 3.83. The highest BCUT2D eigenvalue weighted by Crippen LogP contribution is 2.28. The van der Waals surface area contributed by atoms with Gasteiger partial charge in [0.25, 0.3) is 0 Å². The first kappa shape index (κ1) is 19.0. The minimum atomic E-state index is -0.321. The number of hydrogen-bond acceptors (Lipinski definition) is 4. The van der Waals surface area contributed by atoms with Gasteiger partial charge in [-0.3, -0.25) is 0 Å². The number of halogens is 3. The topological polar surface area (TPSA) is 39.9 Å². The van der Waals surface area contributed by atoms with Crippen molar-refractivity contribution in [3.8, 4) is 5.75 Å². The van der Waals surface area contributed by atoms with E-state index in [1.807, 2.05) is 11.5 Å². The van der Waals surface area contributed by atoms with E-state index in [0.717, 1.165) is 0 Å². The summed E-state index contributed by atoms with van der Waals surface area (Å²) in [5.41, 5.74) is 0.462. The predicted octanol–water partition coefficient (Wildman–Crippen LogP) is 5.62. The van der Waals surface area contributed by atoms with Gasteiger partial charge in [0.2, 0.25) is 0 Å². The lowest BCUT2D eigenvalue weighted by atomic mass is 10.2. The van der Waals surface area contributed by atoms with Gasteiger partial charge in [0.1, 0.15) is 18.2 Å². The average molecular weight is 412 g/mol. The Hall–Kier alpha value is -1.76. The highest BCUT2D eigenvalue weighted by atomic mass is 35.5. The van der Waals surface area contributed by atoms with E-state index in [0.29, 0.717) is 44.6 Å². The summed E-state index contributed by atoms with van der Waals surface area (Å²) in [7, 11) is 0. The quantitative estimate of drug-likeness (QED) is 0.473. The summed E-state index contributed by atoms with van der Waals surface area (Å²) in [6.07, 6.45) is 0. The molecule has 0 saturated carbocycles. The first-order valence-corrected chi connectivity index (χ1v) is 9.68. The number of nitrogens with zero attached hydrogens (tertiary/aromatic N) is 3. The molecule has 0 N–H and O–H groups in total. The molecule has 0 aliphatic heterocycles. The number of rotatable bonds is 7. The van der Waals surface area contributed by atoms with Crippen LogP contribution >= 0.6 is 35.0 Å². The lowest BCUT2D eigenvalue weighted by molar-refractivity contribution is 0.288. The molecule has 26 heavy (non-hydrogen) atoms. The number of aromatic nitrogens is 3. The summed E-state index contributed by atoms with van der Waals surface area (Å²) in [5.74, 6) is 1.46. The molecule has 0 aliphatic rings. The smallest absolute Gasteiger partial charge is 0.191 e. The molecule has 4 nitrogen and oxygen atoms in total. The van der Waals surface area contributed by atoms with E-state index in [-0.39, 0.29) is 12.4 Å². The maximum atomic E-state index is 13.9. The molecular formula is C18H16Cl2FN3OS. The molecule has 1 aromatic heterocycles. The zero-order chi connectivity index (χ0) is 18.5. The third kappa shape index (κ3) is 4.50. The van der Waals surface area contributed by atoms with Gasteiger partial charge in [-0.25, -0.2) is 4.39 Å². The Bertz CT molecular complexity index is 866. The summed E-state index contributed by atoms with van der Waals surface area (Å²) in [6, 6.07) is 11.8. The zero-order valence-corrected chi connectivity index (χ0v) is 16.3. The van der Waals surface area contributed by atoms with Crippen LogP contribution in [0.5, 0.6) is 5.75 Å². The second-order valence-electron chi connectivity index (χ2n) is 5.37. The molecule has 3 rings (SSSR count). The van der Waals surface area contributed by atoms with Crippen LogP contribution in [0.3, 0.4) is 0 Å². The molecular weight excluding hydrogens is 396 g/mol. The van der Waals surface area contributed by atoms with Crippen molar-refractivity contribution in [3.63, 3.8) is 0 Å². The number of thioether (sulfide) groups is 1. The molecule has 0 bridgehead atoms. The number of benzene rings is 2. The van der Waals surface area contributed by atoms with Crippen LogP contribution in [0.4, 0.5) is 4.39 Å². The van der Waals surface area contributed by atoms with E-state index in [1.165, 1.54) is 17.8 Å². The van der Waals surface area contributed by atoms with E-state index in [9.17, 15) is 4.39 Å². The van der Waals surface area contributed by atoms with Crippen molar-refractivity contribution in [2.45, 2.75) is 31.0 Å². The molecule has 2 aromatic carbocycles. The van der Waals surface area contributed by atoms with Crippen LogP contribution in [0.2, 0.25) is 10.0 Å². The van der Waals surface area contributed by atoms with E-state index in [4.69, 9.17) is 27.9 Å². The Balaban J connectivity index is 1.68. The van der Waals surface area contributed by atoms with Gasteiger partial charge < -0.3 is 9.30 Å². The summed E-state index contributed by atoms with van der Waals surface area (Å²) >= 11 is 13.3. The second kappa shape index (κ2) is 8.75. The number of hydrogen-bond donors (Lipinski definition) is 0. The lowest BCUT2D eigenvalue weighted by Crippen LogP contribution is -2.07.